The summed E-state index contributed by atoms with van der Waals surface area (Å²) in [6.45, 7) is 4.53. The molecule has 7 heteroatoms. The summed E-state index contributed by atoms with van der Waals surface area (Å²) in [7, 11) is 3.13. The number of urea groups is 1. The molecule has 1 fully saturated rings. The molecule has 1 saturated heterocycles. The molecule has 0 saturated carbocycles. The van der Waals surface area contributed by atoms with Crippen molar-refractivity contribution in [1.82, 2.24) is 4.90 Å². The van der Waals surface area contributed by atoms with Gasteiger partial charge in [0.1, 0.15) is 17.5 Å². The molecule has 0 aromatic heterocycles. The number of aryl methyl sites for hydroxylation is 1. The predicted octanol–water partition coefficient (Wildman–Crippen LogP) is 3.28. The Morgan fingerprint density at radius 2 is 1.64 bits per heavy atom. The lowest BCUT2D eigenvalue weighted by Crippen LogP contribution is -2.58. The van der Waals surface area contributed by atoms with Crippen LogP contribution in [0, 0.1) is 6.92 Å². The van der Waals surface area contributed by atoms with Crippen LogP contribution in [0.5, 0.6) is 11.5 Å². The van der Waals surface area contributed by atoms with Crippen molar-refractivity contribution in [3.63, 3.8) is 0 Å². The number of benzene rings is 2. The minimum atomic E-state index is -0.587. The van der Waals surface area contributed by atoms with Crippen molar-refractivity contribution in [1.29, 1.82) is 0 Å². The van der Waals surface area contributed by atoms with E-state index >= 15 is 0 Å². The van der Waals surface area contributed by atoms with Gasteiger partial charge < -0.3 is 24.6 Å². The fourth-order valence-corrected chi connectivity index (χ4v) is 3.18. The van der Waals surface area contributed by atoms with E-state index in [0.29, 0.717) is 36.0 Å². The van der Waals surface area contributed by atoms with E-state index in [1.54, 1.807) is 49.1 Å². The Morgan fingerprint density at radius 3 is 2.21 bits per heavy atom. The Kier molecular flexibility index (Phi) is 5.73. The van der Waals surface area contributed by atoms with Gasteiger partial charge in [-0.3, -0.25) is 4.79 Å². The van der Waals surface area contributed by atoms with Gasteiger partial charge in [-0.1, -0.05) is 17.7 Å². The molecule has 1 aliphatic heterocycles. The number of nitrogens with one attached hydrogen (secondary N) is 1. The van der Waals surface area contributed by atoms with E-state index in [4.69, 9.17) is 9.47 Å². The van der Waals surface area contributed by atoms with Crippen LogP contribution in [0.15, 0.2) is 42.5 Å². The number of hydrogen-bond acceptors (Lipinski definition) is 4. The molecule has 0 bridgehead atoms. The minimum Gasteiger partial charge on any atom is -0.497 e. The van der Waals surface area contributed by atoms with E-state index in [1.807, 2.05) is 31.2 Å². The van der Waals surface area contributed by atoms with Crippen LogP contribution < -0.4 is 19.7 Å². The molecule has 28 heavy (non-hydrogen) atoms. The molecule has 148 valence electrons. The van der Waals surface area contributed by atoms with Crippen LogP contribution in [0.3, 0.4) is 0 Å². The first-order valence-electron chi connectivity index (χ1n) is 9.11. The molecule has 1 heterocycles. The third-order valence-electron chi connectivity index (χ3n) is 4.87. The van der Waals surface area contributed by atoms with Crippen molar-refractivity contribution >= 4 is 23.3 Å². The minimum absolute atomic E-state index is 0.152. The Bertz CT molecular complexity index is 844. The monoisotopic (exact) mass is 383 g/mol. The van der Waals surface area contributed by atoms with Crippen molar-refractivity contribution in [2.24, 2.45) is 0 Å². The number of carbonyl (C=O) groups is 2. The highest BCUT2D eigenvalue weighted by Crippen LogP contribution is 2.30. The lowest BCUT2D eigenvalue weighted by molar-refractivity contribution is -0.123. The summed E-state index contributed by atoms with van der Waals surface area (Å²) in [5, 5.41) is 2.86. The summed E-state index contributed by atoms with van der Waals surface area (Å²) in [5.74, 6) is 1.06. The van der Waals surface area contributed by atoms with Gasteiger partial charge in [0.15, 0.2) is 0 Å². The summed E-state index contributed by atoms with van der Waals surface area (Å²) in [5.41, 5.74) is 2.51. The first-order valence-corrected chi connectivity index (χ1v) is 9.11. The lowest BCUT2D eigenvalue weighted by atomic mass is 10.1. The maximum absolute atomic E-state index is 13.0. The second kappa shape index (κ2) is 8.21. The molecule has 1 N–H and O–H groups in total. The average Bonchev–Trinajstić information content (AvgIpc) is 2.71. The highest BCUT2D eigenvalue weighted by atomic mass is 16.5. The average molecular weight is 383 g/mol. The SMILES string of the molecule is COc1cc(OC)cc(N2CCN(C(=O)Nc3ccc(C)cc3)C(C)C2=O)c1. The van der Waals surface area contributed by atoms with Gasteiger partial charge in [-0.05, 0) is 26.0 Å². The number of anilines is 2. The van der Waals surface area contributed by atoms with Crippen LogP contribution in [0.4, 0.5) is 16.2 Å². The summed E-state index contributed by atoms with van der Waals surface area (Å²) >= 11 is 0. The van der Waals surface area contributed by atoms with Gasteiger partial charge in [-0.25, -0.2) is 4.79 Å². The Balaban J connectivity index is 1.74. The number of ether oxygens (including phenoxy) is 2. The zero-order valence-corrected chi connectivity index (χ0v) is 16.6. The van der Waals surface area contributed by atoms with Gasteiger partial charge in [0.2, 0.25) is 5.91 Å². The lowest BCUT2D eigenvalue weighted by Gasteiger charge is -2.39. The van der Waals surface area contributed by atoms with Crippen molar-refractivity contribution in [3.05, 3.63) is 48.0 Å². The third-order valence-corrected chi connectivity index (χ3v) is 4.87. The van der Waals surface area contributed by atoms with Gasteiger partial charge in [-0.2, -0.15) is 0 Å². The van der Waals surface area contributed by atoms with Gasteiger partial charge in [0.25, 0.3) is 0 Å². The molecule has 1 atom stereocenters. The molecule has 3 amide bonds. The largest absolute Gasteiger partial charge is 0.497 e. The van der Waals surface area contributed by atoms with Crippen LogP contribution in [-0.2, 0) is 4.79 Å². The van der Waals surface area contributed by atoms with E-state index in [2.05, 4.69) is 5.32 Å². The van der Waals surface area contributed by atoms with Gasteiger partial charge in [-0.15, -0.1) is 0 Å². The molecule has 0 radical (unpaired) electrons. The number of hydrogen-bond donors (Lipinski definition) is 1. The Hall–Kier alpha value is -3.22. The molecule has 2 aromatic rings. The quantitative estimate of drug-likeness (QED) is 0.880. The molecule has 0 aliphatic carbocycles. The predicted molar refractivity (Wildman–Crippen MR) is 108 cm³/mol. The topological polar surface area (TPSA) is 71.1 Å². The first kappa shape index (κ1) is 19.5. The number of methoxy groups -OCH3 is 2. The van der Waals surface area contributed by atoms with Crippen molar-refractivity contribution < 1.29 is 19.1 Å². The van der Waals surface area contributed by atoms with Crippen molar-refractivity contribution in [3.8, 4) is 11.5 Å². The standard InChI is InChI=1S/C21H25N3O4/c1-14-5-7-16(8-6-14)22-21(26)23-9-10-24(20(25)15(23)2)17-11-18(27-3)13-19(12-17)28-4/h5-8,11-13,15H,9-10H2,1-4H3,(H,22,26). The fraction of sp³-hybridized carbons (Fsp3) is 0.333. The molecule has 0 spiro atoms. The first-order chi connectivity index (χ1) is 13.4. The van der Waals surface area contributed by atoms with Gasteiger partial charge in [0.05, 0.1) is 19.9 Å². The van der Waals surface area contributed by atoms with Crippen LogP contribution in [0.25, 0.3) is 0 Å². The summed E-state index contributed by atoms with van der Waals surface area (Å²) in [6.07, 6.45) is 0. The van der Waals surface area contributed by atoms with Gasteiger partial charge in [0, 0.05) is 37.0 Å². The second-order valence-corrected chi connectivity index (χ2v) is 6.73. The number of piperazine rings is 1. The van der Waals surface area contributed by atoms with E-state index in [-0.39, 0.29) is 11.9 Å². The highest BCUT2D eigenvalue weighted by molar-refractivity contribution is 6.02. The molecule has 3 rings (SSSR count). The zero-order chi connectivity index (χ0) is 20.3. The Morgan fingerprint density at radius 1 is 1.04 bits per heavy atom. The van der Waals surface area contributed by atoms with Crippen LogP contribution in [-0.4, -0.2) is 50.2 Å². The zero-order valence-electron chi connectivity index (χ0n) is 16.6. The number of carbonyl (C=O) groups excluding carboxylic acids is 2. The smallest absolute Gasteiger partial charge is 0.322 e. The summed E-state index contributed by atoms with van der Waals surface area (Å²) in [6, 6.07) is 12.0. The van der Waals surface area contributed by atoms with E-state index < -0.39 is 6.04 Å². The van der Waals surface area contributed by atoms with Crippen LogP contribution in [0.2, 0.25) is 0 Å². The highest BCUT2D eigenvalue weighted by Gasteiger charge is 2.35. The Labute approximate surface area is 164 Å². The number of rotatable bonds is 4. The summed E-state index contributed by atoms with van der Waals surface area (Å²) in [4.78, 5) is 28.8. The van der Waals surface area contributed by atoms with E-state index in [1.165, 1.54) is 0 Å². The molecule has 2 aromatic carbocycles. The van der Waals surface area contributed by atoms with Crippen LogP contribution in [0.1, 0.15) is 12.5 Å². The molecule has 1 unspecified atom stereocenters. The maximum Gasteiger partial charge on any atom is 0.322 e. The van der Waals surface area contributed by atoms with Gasteiger partial charge >= 0.3 is 6.03 Å². The van der Waals surface area contributed by atoms with E-state index in [9.17, 15) is 9.59 Å². The third kappa shape index (κ3) is 4.03. The molecule has 1 aliphatic rings. The van der Waals surface area contributed by atoms with E-state index in [0.717, 1.165) is 5.56 Å². The molecule has 7 nitrogen and oxygen atoms in total. The van der Waals surface area contributed by atoms with Crippen molar-refractivity contribution in [2.75, 3.05) is 37.5 Å². The maximum atomic E-state index is 13.0. The normalized spacial score (nSPS) is 16.7. The number of nitrogens with zero attached hydrogens (tertiary/aromatic N) is 2. The molecular formula is C21H25N3O4. The van der Waals surface area contributed by atoms with Crippen LogP contribution >= 0.6 is 0 Å². The second-order valence-electron chi connectivity index (χ2n) is 6.73. The molecular weight excluding hydrogens is 358 g/mol. The summed E-state index contributed by atoms with van der Waals surface area (Å²) < 4.78 is 10.6. The number of amides is 3. The van der Waals surface area contributed by atoms with Crippen molar-refractivity contribution in [2.45, 2.75) is 19.9 Å². The fourth-order valence-electron chi connectivity index (χ4n) is 3.18.